The van der Waals surface area contributed by atoms with Gasteiger partial charge in [-0.25, -0.2) is 4.39 Å². The average Bonchev–Trinajstić information content (AvgIpc) is 2.98. The molecule has 3 rings (SSSR count). The van der Waals surface area contributed by atoms with Crippen LogP contribution in [0.2, 0.25) is 0 Å². The van der Waals surface area contributed by atoms with Gasteiger partial charge in [0.05, 0.1) is 0 Å². The zero-order chi connectivity index (χ0) is 21.2. The normalized spacial score (nSPS) is 26.4. The molecule has 1 aromatic carbocycles. The number of fused-ring (bicyclic) bond motifs is 2. The second kappa shape index (κ2) is 13.6. The van der Waals surface area contributed by atoms with E-state index in [0.29, 0.717) is 29.7 Å². The summed E-state index contributed by atoms with van der Waals surface area (Å²) < 4.78 is 21.7. The Bertz CT molecular complexity index is 598. The van der Waals surface area contributed by atoms with Gasteiger partial charge in [-0.3, -0.25) is 0 Å². The molecule has 0 aliphatic carbocycles. The SMILES string of the molecule is CN1C2CCC1[C@@H](CN(CC[S-])CC[N-]CC[S-])[C@@H](c1ccc(F)cc1)C2.[O]=[99Tc+4]. The van der Waals surface area contributed by atoms with Crippen LogP contribution in [0.4, 0.5) is 4.39 Å². The molecule has 0 amide bonds. The molecule has 0 N–H and O–H groups in total. The van der Waals surface area contributed by atoms with Gasteiger partial charge in [0.15, 0.2) is 0 Å². The molecule has 4 nitrogen and oxygen atoms in total. The Morgan fingerprint density at radius 1 is 1.14 bits per heavy atom. The third-order valence-corrected chi connectivity index (χ3v) is 6.80. The number of piperidine rings is 1. The zero-order valence-corrected chi connectivity index (χ0v) is 20.5. The molecule has 8 heteroatoms. The van der Waals surface area contributed by atoms with Crippen molar-refractivity contribution < 1.29 is 26.7 Å². The van der Waals surface area contributed by atoms with Crippen molar-refractivity contribution in [3.63, 3.8) is 0 Å². The molecule has 0 spiro atoms. The topological polar surface area (TPSA) is 37.7 Å². The minimum absolute atomic E-state index is 0.151. The molecule has 2 fully saturated rings. The third-order valence-electron chi connectivity index (χ3n) is 6.43. The molecule has 29 heavy (non-hydrogen) atoms. The standard InChI is InChI=1S/C21H33FN3S2.O.Tc/c1-24-18-6-7-21(24)20(15-25(11-13-27)10-8-23-9-12-26)19(14-18)16-2-4-17(22)5-3-16;;/h2-5,18-21,26-27H,6-15H2,1H3;;/q-1;;+4/p-2/t18?,19-,20+,21?;;/m1../s1/i;;1+1. The maximum absolute atomic E-state index is 13.4. The summed E-state index contributed by atoms with van der Waals surface area (Å²) >= 11 is 11.2. The molecule has 2 aliphatic heterocycles. The molecule has 0 aromatic heterocycles. The summed E-state index contributed by atoms with van der Waals surface area (Å²) in [6, 6.07) is 8.48. The Morgan fingerprint density at radius 3 is 2.52 bits per heavy atom. The molecule has 1 aromatic rings. The van der Waals surface area contributed by atoms with Gasteiger partial charge >= 0.3 is 22.4 Å². The molecule has 2 bridgehead atoms. The van der Waals surface area contributed by atoms with Gasteiger partial charge in [0.25, 0.3) is 0 Å². The Balaban J connectivity index is 0.00000145. The van der Waals surface area contributed by atoms with Gasteiger partial charge < -0.3 is 40.4 Å². The van der Waals surface area contributed by atoms with Crippen LogP contribution in [-0.4, -0.2) is 73.2 Å². The minimum atomic E-state index is -0.151. The number of benzene rings is 1. The van der Waals surface area contributed by atoms with Crippen LogP contribution in [0, 0.1) is 11.7 Å². The second-order valence-electron chi connectivity index (χ2n) is 7.90. The van der Waals surface area contributed by atoms with Crippen molar-refractivity contribution in [1.82, 2.24) is 9.80 Å². The molecule has 0 radical (unpaired) electrons. The van der Waals surface area contributed by atoms with Crippen molar-refractivity contribution in [2.75, 3.05) is 51.3 Å². The monoisotopic (exact) mass is 523 g/mol. The first-order valence-electron chi connectivity index (χ1n) is 10.3. The first-order valence-corrected chi connectivity index (χ1v) is 12.2. The molecular weight excluding hydrogens is 492 g/mol. The first kappa shape index (κ1) is 25.4. The summed E-state index contributed by atoms with van der Waals surface area (Å²) in [7, 11) is 2.28. The van der Waals surface area contributed by atoms with Gasteiger partial charge in [-0.05, 0) is 68.9 Å². The molecule has 2 unspecified atom stereocenters. The summed E-state index contributed by atoms with van der Waals surface area (Å²) in [6.07, 6.45) is 3.72. The van der Waals surface area contributed by atoms with Crippen LogP contribution in [-0.2, 0) is 47.6 Å². The van der Waals surface area contributed by atoms with E-state index < -0.39 is 0 Å². The van der Waals surface area contributed by atoms with Gasteiger partial charge in [-0.15, -0.1) is 6.54 Å². The van der Waals surface area contributed by atoms with Gasteiger partial charge in [0.2, 0.25) is 0 Å². The molecular formula is C21H31FN3OS2Tc+. The van der Waals surface area contributed by atoms with E-state index in [2.05, 4.69) is 22.2 Å². The predicted molar refractivity (Wildman–Crippen MR) is 117 cm³/mol. The summed E-state index contributed by atoms with van der Waals surface area (Å²) in [6.45, 7) is 4.54. The number of nitrogens with zero attached hydrogens (tertiary/aromatic N) is 3. The van der Waals surface area contributed by atoms with Crippen molar-refractivity contribution in [3.05, 3.63) is 41.0 Å². The van der Waals surface area contributed by atoms with Gasteiger partial charge in [0.1, 0.15) is 5.82 Å². The summed E-state index contributed by atoms with van der Waals surface area (Å²) in [4.78, 5) is 5.09. The molecule has 4 atom stereocenters. The number of hydrogen-bond acceptors (Lipinski definition) is 5. The van der Waals surface area contributed by atoms with Crippen LogP contribution in [0.25, 0.3) is 5.32 Å². The van der Waals surface area contributed by atoms with Crippen LogP contribution in [0.1, 0.15) is 30.7 Å². The third kappa shape index (κ3) is 7.09. The molecule has 0 saturated carbocycles. The van der Waals surface area contributed by atoms with E-state index in [-0.39, 0.29) is 5.82 Å². The van der Waals surface area contributed by atoms with E-state index in [1.165, 1.54) is 24.8 Å². The van der Waals surface area contributed by atoms with E-state index in [0.717, 1.165) is 57.3 Å². The number of rotatable bonds is 10. The summed E-state index contributed by atoms with van der Waals surface area (Å²) in [5.41, 5.74) is 1.29. The first-order chi connectivity index (χ1) is 14.1. The van der Waals surface area contributed by atoms with E-state index >= 15 is 0 Å². The van der Waals surface area contributed by atoms with Crippen molar-refractivity contribution in [2.45, 2.75) is 37.3 Å². The summed E-state index contributed by atoms with van der Waals surface area (Å²) in [5.74, 6) is 2.35. The van der Waals surface area contributed by atoms with Crippen molar-refractivity contribution in [2.24, 2.45) is 5.92 Å². The number of halogens is 1. The van der Waals surface area contributed by atoms with Gasteiger partial charge in [-0.1, -0.05) is 12.1 Å². The zero-order valence-electron chi connectivity index (χ0n) is 17.0. The molecule has 161 valence electrons. The maximum atomic E-state index is 13.4. The molecule has 2 aliphatic rings. The van der Waals surface area contributed by atoms with Crippen molar-refractivity contribution in [3.8, 4) is 0 Å². The fourth-order valence-electron chi connectivity index (χ4n) is 5.03. The van der Waals surface area contributed by atoms with Crippen LogP contribution in [0.15, 0.2) is 24.3 Å². The van der Waals surface area contributed by atoms with Crippen LogP contribution >= 0.6 is 0 Å². The van der Waals surface area contributed by atoms with Crippen LogP contribution in [0.3, 0.4) is 0 Å². The van der Waals surface area contributed by atoms with E-state index in [9.17, 15) is 4.39 Å². The van der Waals surface area contributed by atoms with Crippen LogP contribution in [0.5, 0.6) is 0 Å². The van der Waals surface area contributed by atoms with Gasteiger partial charge in [-0.2, -0.15) is 18.1 Å². The van der Waals surface area contributed by atoms with Crippen molar-refractivity contribution in [1.29, 1.82) is 0 Å². The van der Waals surface area contributed by atoms with Gasteiger partial charge in [0, 0.05) is 18.6 Å². The fraction of sp³-hybridized carbons (Fsp3) is 0.714. The Hall–Kier alpha value is 0.179. The number of hydrogen-bond donors (Lipinski definition) is 0. The molecule has 2 saturated heterocycles. The Kier molecular flexibility index (Phi) is 11.9. The van der Waals surface area contributed by atoms with Crippen molar-refractivity contribution >= 4 is 25.3 Å². The van der Waals surface area contributed by atoms with E-state index in [4.69, 9.17) is 28.8 Å². The Labute approximate surface area is 196 Å². The quantitative estimate of drug-likeness (QED) is 0.348. The van der Waals surface area contributed by atoms with E-state index in [1.807, 2.05) is 12.1 Å². The van der Waals surface area contributed by atoms with E-state index in [1.54, 1.807) is 12.1 Å². The predicted octanol–water partition coefficient (Wildman–Crippen LogP) is 3.04. The van der Waals surface area contributed by atoms with Crippen LogP contribution < -0.4 is 0 Å². The molecule has 2 heterocycles. The fourth-order valence-corrected chi connectivity index (χ4v) is 5.42. The summed E-state index contributed by atoms with van der Waals surface area (Å²) in [5, 5.41) is 4.52. The average molecular weight is 524 g/mol. The second-order valence-corrected chi connectivity index (χ2v) is 8.72. The Morgan fingerprint density at radius 2 is 1.86 bits per heavy atom.